The second kappa shape index (κ2) is 6.26. The van der Waals surface area contributed by atoms with Gasteiger partial charge in [-0.05, 0) is 43.3 Å². The molecule has 0 fully saturated rings. The van der Waals surface area contributed by atoms with Crippen molar-refractivity contribution in [3.8, 4) is 6.07 Å². The molecule has 0 aliphatic heterocycles. The van der Waals surface area contributed by atoms with Crippen molar-refractivity contribution in [1.29, 1.82) is 5.26 Å². The van der Waals surface area contributed by atoms with Gasteiger partial charge in [-0.25, -0.2) is 18.1 Å². The van der Waals surface area contributed by atoms with E-state index in [1.807, 2.05) is 31.2 Å². The van der Waals surface area contributed by atoms with Gasteiger partial charge in [-0.3, -0.25) is 0 Å². The molecule has 1 N–H and O–H groups in total. The lowest BCUT2D eigenvalue weighted by Crippen LogP contribution is -2.16. The summed E-state index contributed by atoms with van der Waals surface area (Å²) in [5.41, 5.74) is 1.81. The highest BCUT2D eigenvalue weighted by Gasteiger charge is 2.19. The van der Waals surface area contributed by atoms with E-state index in [9.17, 15) is 8.42 Å². The lowest BCUT2D eigenvalue weighted by atomic mass is 10.2. The molecule has 1 heterocycles. The van der Waals surface area contributed by atoms with Crippen molar-refractivity contribution < 1.29 is 8.42 Å². The van der Waals surface area contributed by atoms with Gasteiger partial charge in [-0.2, -0.15) is 5.26 Å². The largest absolute Gasteiger partial charge is 0.310 e. The van der Waals surface area contributed by atoms with Gasteiger partial charge < -0.3 is 4.57 Å². The summed E-state index contributed by atoms with van der Waals surface area (Å²) >= 11 is 3.38. The van der Waals surface area contributed by atoms with Crippen LogP contribution in [0.2, 0.25) is 0 Å². The third-order valence-corrected chi connectivity index (χ3v) is 5.34. The number of rotatable bonds is 4. The molecule has 0 unspecified atom stereocenters. The van der Waals surface area contributed by atoms with Gasteiger partial charge in [0, 0.05) is 11.0 Å². The van der Waals surface area contributed by atoms with E-state index < -0.39 is 10.0 Å². The molecule has 0 saturated carbocycles. The molecule has 8 heteroatoms. The van der Waals surface area contributed by atoms with Gasteiger partial charge in [0.25, 0.3) is 10.0 Å². The SMILES string of the molecule is CCn1c(NS(=O)(=O)c2cccc(C#N)c2)nc2cc(Br)ccc21. The molecular formula is C16H13BrN4O2S. The fourth-order valence-electron chi connectivity index (χ4n) is 2.41. The summed E-state index contributed by atoms with van der Waals surface area (Å²) in [4.78, 5) is 4.40. The first-order valence-corrected chi connectivity index (χ1v) is 9.41. The molecule has 6 nitrogen and oxygen atoms in total. The van der Waals surface area contributed by atoms with Crippen molar-refractivity contribution >= 4 is 42.9 Å². The van der Waals surface area contributed by atoms with Crippen LogP contribution in [0.1, 0.15) is 12.5 Å². The van der Waals surface area contributed by atoms with Crippen LogP contribution < -0.4 is 4.72 Å². The molecule has 122 valence electrons. The number of imidazole rings is 1. The average Bonchev–Trinajstić information content (AvgIpc) is 2.90. The van der Waals surface area contributed by atoms with E-state index in [2.05, 4.69) is 25.6 Å². The second-order valence-corrected chi connectivity index (χ2v) is 7.66. The number of anilines is 1. The minimum absolute atomic E-state index is 0.0254. The number of halogens is 1. The number of nitrogens with one attached hydrogen (secondary N) is 1. The summed E-state index contributed by atoms with van der Waals surface area (Å²) in [6.07, 6.45) is 0. The molecule has 0 bridgehead atoms. The monoisotopic (exact) mass is 404 g/mol. The summed E-state index contributed by atoms with van der Waals surface area (Å²) in [6.45, 7) is 2.48. The highest BCUT2D eigenvalue weighted by atomic mass is 79.9. The zero-order valence-corrected chi connectivity index (χ0v) is 15.1. The number of hydrogen-bond donors (Lipinski definition) is 1. The molecule has 2 aromatic carbocycles. The number of hydrogen-bond acceptors (Lipinski definition) is 4. The standard InChI is InChI=1S/C16H13BrN4O2S/c1-2-21-15-7-6-12(17)9-14(15)19-16(21)20-24(22,23)13-5-3-4-11(8-13)10-18/h3-9H,2H2,1H3,(H,19,20). The molecular weight excluding hydrogens is 392 g/mol. The van der Waals surface area contributed by atoms with Crippen LogP contribution in [0.3, 0.4) is 0 Å². The number of aryl methyl sites for hydroxylation is 1. The fourth-order valence-corrected chi connectivity index (χ4v) is 3.82. The van der Waals surface area contributed by atoms with Gasteiger partial charge in [-0.15, -0.1) is 0 Å². The highest BCUT2D eigenvalue weighted by molar-refractivity contribution is 9.10. The van der Waals surface area contributed by atoms with E-state index in [0.29, 0.717) is 12.1 Å². The first-order chi connectivity index (χ1) is 11.4. The Morgan fingerprint density at radius 1 is 1.29 bits per heavy atom. The van der Waals surface area contributed by atoms with Gasteiger partial charge in [0.15, 0.2) is 0 Å². The van der Waals surface area contributed by atoms with E-state index in [0.717, 1.165) is 9.99 Å². The Morgan fingerprint density at radius 2 is 2.08 bits per heavy atom. The van der Waals surface area contributed by atoms with E-state index in [4.69, 9.17) is 5.26 Å². The lowest BCUT2D eigenvalue weighted by Gasteiger charge is -2.09. The molecule has 0 saturated heterocycles. The van der Waals surface area contributed by atoms with E-state index in [1.54, 1.807) is 10.6 Å². The number of benzene rings is 2. The highest BCUT2D eigenvalue weighted by Crippen LogP contribution is 2.25. The van der Waals surface area contributed by atoms with Gasteiger partial charge in [-0.1, -0.05) is 22.0 Å². The molecule has 0 aliphatic rings. The Bertz CT molecular complexity index is 1070. The maximum Gasteiger partial charge on any atom is 0.264 e. The number of nitriles is 1. The van der Waals surface area contributed by atoms with E-state index in [-0.39, 0.29) is 16.4 Å². The van der Waals surface area contributed by atoms with Gasteiger partial charge in [0.05, 0.1) is 27.6 Å². The Hall–Kier alpha value is -2.37. The predicted octanol–water partition coefficient (Wildman–Crippen LogP) is 3.49. The third-order valence-electron chi connectivity index (χ3n) is 3.53. The second-order valence-electron chi connectivity index (χ2n) is 5.06. The van der Waals surface area contributed by atoms with Crippen LogP contribution in [0.25, 0.3) is 11.0 Å². The van der Waals surface area contributed by atoms with Crippen molar-refractivity contribution in [2.45, 2.75) is 18.4 Å². The van der Waals surface area contributed by atoms with Crippen molar-refractivity contribution in [3.63, 3.8) is 0 Å². The molecule has 3 aromatic rings. The molecule has 3 rings (SSSR count). The van der Waals surface area contributed by atoms with Crippen LogP contribution in [-0.2, 0) is 16.6 Å². The maximum atomic E-state index is 12.6. The smallest absolute Gasteiger partial charge is 0.264 e. The summed E-state index contributed by atoms with van der Waals surface area (Å²) in [5, 5.41) is 8.93. The quantitative estimate of drug-likeness (QED) is 0.720. The number of sulfonamides is 1. The van der Waals surface area contributed by atoms with Crippen LogP contribution >= 0.6 is 15.9 Å². The minimum Gasteiger partial charge on any atom is -0.310 e. The van der Waals surface area contributed by atoms with Gasteiger partial charge >= 0.3 is 0 Å². The molecule has 0 radical (unpaired) electrons. The normalized spacial score (nSPS) is 11.4. The molecule has 0 aliphatic carbocycles. The molecule has 24 heavy (non-hydrogen) atoms. The molecule has 0 spiro atoms. The minimum atomic E-state index is -3.83. The Kier molecular flexibility index (Phi) is 4.30. The van der Waals surface area contributed by atoms with Gasteiger partial charge in [0.2, 0.25) is 5.95 Å². The topological polar surface area (TPSA) is 87.8 Å². The van der Waals surface area contributed by atoms with Crippen molar-refractivity contribution in [1.82, 2.24) is 9.55 Å². The molecule has 0 amide bonds. The molecule has 1 aromatic heterocycles. The van der Waals surface area contributed by atoms with Crippen LogP contribution in [-0.4, -0.2) is 18.0 Å². The van der Waals surface area contributed by atoms with Crippen molar-refractivity contribution in [2.24, 2.45) is 0 Å². The Morgan fingerprint density at radius 3 is 2.79 bits per heavy atom. The first kappa shape index (κ1) is 16.5. The molecule has 0 atom stereocenters. The van der Waals surface area contributed by atoms with Crippen molar-refractivity contribution in [2.75, 3.05) is 4.72 Å². The number of nitrogens with zero attached hydrogens (tertiary/aromatic N) is 3. The fraction of sp³-hybridized carbons (Fsp3) is 0.125. The van der Waals surface area contributed by atoms with E-state index >= 15 is 0 Å². The van der Waals surface area contributed by atoms with Gasteiger partial charge in [0.1, 0.15) is 0 Å². The maximum absolute atomic E-state index is 12.6. The van der Waals surface area contributed by atoms with E-state index in [1.165, 1.54) is 18.2 Å². The summed E-state index contributed by atoms with van der Waals surface area (Å²) in [6, 6.07) is 13.4. The number of fused-ring (bicyclic) bond motifs is 1. The predicted molar refractivity (Wildman–Crippen MR) is 95.1 cm³/mol. The van der Waals surface area contributed by atoms with Crippen LogP contribution in [0, 0.1) is 11.3 Å². The summed E-state index contributed by atoms with van der Waals surface area (Å²) in [7, 11) is -3.83. The van der Waals surface area contributed by atoms with Crippen LogP contribution in [0.15, 0.2) is 51.8 Å². The van der Waals surface area contributed by atoms with Crippen molar-refractivity contribution in [3.05, 3.63) is 52.5 Å². The average molecular weight is 405 g/mol. The lowest BCUT2D eigenvalue weighted by molar-refractivity contribution is 0.600. The summed E-state index contributed by atoms with van der Waals surface area (Å²) < 4.78 is 30.4. The first-order valence-electron chi connectivity index (χ1n) is 7.13. The Balaban J connectivity index is 2.06. The third kappa shape index (κ3) is 3.00. The zero-order valence-electron chi connectivity index (χ0n) is 12.7. The van der Waals surface area contributed by atoms with Crippen LogP contribution in [0.5, 0.6) is 0 Å². The Labute approximate surface area is 147 Å². The summed E-state index contributed by atoms with van der Waals surface area (Å²) in [5.74, 6) is 0.243. The van der Waals surface area contributed by atoms with Crippen LogP contribution in [0.4, 0.5) is 5.95 Å². The number of aromatic nitrogens is 2. The zero-order chi connectivity index (χ0) is 17.3.